The Kier molecular flexibility index (Phi) is 8.07. The van der Waals surface area contributed by atoms with Crippen molar-refractivity contribution >= 4 is 22.6 Å². The van der Waals surface area contributed by atoms with Gasteiger partial charge in [0.05, 0.1) is 0 Å². The molecule has 2 atom stereocenters. The normalized spacial score (nSPS) is 18.1. The first-order valence-corrected chi connectivity index (χ1v) is 13.7. The number of para-hydroxylation sites is 1. The number of imide groups is 1. The first-order valence-electron chi connectivity index (χ1n) is 13.7. The highest BCUT2D eigenvalue weighted by Crippen LogP contribution is 2.30. The molecule has 3 aromatic rings. The average molecular weight is 516 g/mol. The van der Waals surface area contributed by atoms with Gasteiger partial charge in [0.15, 0.2) is 0 Å². The van der Waals surface area contributed by atoms with Gasteiger partial charge in [-0.15, -0.1) is 0 Å². The number of nitrogens with zero attached hydrogens (tertiary/aromatic N) is 3. The Bertz CT molecular complexity index is 1250. The molecule has 200 valence electrons. The minimum absolute atomic E-state index is 0.212. The van der Waals surface area contributed by atoms with Crippen LogP contribution in [0.5, 0.6) is 5.75 Å². The number of rotatable bonds is 10. The van der Waals surface area contributed by atoms with Gasteiger partial charge >= 0.3 is 0 Å². The molecule has 7 heteroatoms. The van der Waals surface area contributed by atoms with Gasteiger partial charge in [0.2, 0.25) is 0 Å². The molecule has 0 aromatic heterocycles. The summed E-state index contributed by atoms with van der Waals surface area (Å²) in [6.45, 7) is 9.49. The number of carbonyl (C=O) groups excluding carboxylic acids is 2. The molecule has 0 bridgehead atoms. The standard InChI is InChI=1S/C31H37N3O4/c1-3-22(2)25-10-4-5-13-28(25)38-21-24(35)20-33-16-14-32(15-17-33)18-19-34-30(36)26-11-6-8-23-9-7-12-27(29(23)26)31(34)37/h4-13,22,24,35H,3,14-21H2,1-2H3/t22-,24-/m0/s1. The number of hydrogen-bond donors (Lipinski definition) is 1. The SMILES string of the molecule is CC[C@H](C)c1ccccc1OC[C@@H](O)CN1CCN(CCN2C(=O)c3cccc4cccc(c34)C2=O)CC1. The van der Waals surface area contributed by atoms with Gasteiger partial charge in [-0.25, -0.2) is 0 Å². The molecule has 0 saturated carbocycles. The van der Waals surface area contributed by atoms with E-state index in [1.54, 1.807) is 0 Å². The number of piperazine rings is 1. The van der Waals surface area contributed by atoms with Gasteiger partial charge in [-0.3, -0.25) is 24.3 Å². The predicted molar refractivity (Wildman–Crippen MR) is 149 cm³/mol. The van der Waals surface area contributed by atoms with Crippen molar-refractivity contribution in [3.8, 4) is 5.75 Å². The Balaban J connectivity index is 1.09. The molecule has 5 rings (SSSR count). The van der Waals surface area contributed by atoms with Gasteiger partial charge in [0.1, 0.15) is 18.5 Å². The van der Waals surface area contributed by atoms with Gasteiger partial charge in [-0.1, -0.05) is 56.3 Å². The molecule has 2 heterocycles. The summed E-state index contributed by atoms with van der Waals surface area (Å²) in [5.41, 5.74) is 2.39. The summed E-state index contributed by atoms with van der Waals surface area (Å²) in [6.07, 6.45) is 0.467. The van der Waals surface area contributed by atoms with Crippen LogP contribution in [0.15, 0.2) is 60.7 Å². The fourth-order valence-corrected chi connectivity index (χ4v) is 5.50. The van der Waals surface area contributed by atoms with Crippen molar-refractivity contribution in [2.75, 3.05) is 52.4 Å². The van der Waals surface area contributed by atoms with Crippen molar-refractivity contribution in [3.05, 3.63) is 77.4 Å². The lowest BCUT2D eigenvalue weighted by molar-refractivity contribution is 0.0414. The van der Waals surface area contributed by atoms with Crippen LogP contribution in [-0.2, 0) is 0 Å². The Morgan fingerprint density at radius 1 is 0.842 bits per heavy atom. The highest BCUT2D eigenvalue weighted by Gasteiger charge is 2.33. The van der Waals surface area contributed by atoms with Crippen molar-refractivity contribution in [2.24, 2.45) is 0 Å². The van der Waals surface area contributed by atoms with Gasteiger partial charge in [0.25, 0.3) is 11.8 Å². The minimum Gasteiger partial charge on any atom is -0.491 e. The molecule has 0 spiro atoms. The molecular formula is C31H37N3O4. The zero-order valence-corrected chi connectivity index (χ0v) is 22.3. The fraction of sp³-hybridized carbons (Fsp3) is 0.419. The molecular weight excluding hydrogens is 478 g/mol. The number of amides is 2. The third-order valence-corrected chi connectivity index (χ3v) is 7.92. The quantitative estimate of drug-likeness (QED) is 0.412. The van der Waals surface area contributed by atoms with Crippen molar-refractivity contribution in [1.29, 1.82) is 0 Å². The van der Waals surface area contributed by atoms with Crippen molar-refractivity contribution < 1.29 is 19.4 Å². The fourth-order valence-electron chi connectivity index (χ4n) is 5.50. The molecule has 7 nitrogen and oxygen atoms in total. The predicted octanol–water partition coefficient (Wildman–Crippen LogP) is 4.01. The molecule has 1 saturated heterocycles. The van der Waals surface area contributed by atoms with E-state index in [2.05, 4.69) is 29.7 Å². The van der Waals surface area contributed by atoms with Crippen LogP contribution >= 0.6 is 0 Å². The Hall–Kier alpha value is -3.26. The molecule has 38 heavy (non-hydrogen) atoms. The highest BCUT2D eigenvalue weighted by molar-refractivity contribution is 6.25. The van der Waals surface area contributed by atoms with Crippen LogP contribution in [0.25, 0.3) is 10.8 Å². The zero-order chi connectivity index (χ0) is 26.6. The maximum absolute atomic E-state index is 13.1. The maximum Gasteiger partial charge on any atom is 0.261 e. The second-order valence-corrected chi connectivity index (χ2v) is 10.4. The average Bonchev–Trinajstić information content (AvgIpc) is 2.95. The number of aliphatic hydroxyl groups excluding tert-OH is 1. The molecule has 1 fully saturated rings. The van der Waals surface area contributed by atoms with Crippen LogP contribution in [0, 0.1) is 0 Å². The van der Waals surface area contributed by atoms with Crippen molar-refractivity contribution in [3.63, 3.8) is 0 Å². The molecule has 2 aliphatic heterocycles. The lowest BCUT2D eigenvalue weighted by Gasteiger charge is -2.36. The van der Waals surface area contributed by atoms with Gasteiger partial charge < -0.3 is 9.84 Å². The Morgan fingerprint density at radius 3 is 2.13 bits per heavy atom. The zero-order valence-electron chi connectivity index (χ0n) is 22.3. The van der Waals surface area contributed by atoms with E-state index in [4.69, 9.17) is 4.74 Å². The number of β-amino-alcohol motifs (C(OH)–C–C–N with tert-alkyl or cyclic N) is 1. The van der Waals surface area contributed by atoms with E-state index in [1.165, 1.54) is 10.5 Å². The first-order chi connectivity index (χ1) is 18.5. The first kappa shape index (κ1) is 26.4. The summed E-state index contributed by atoms with van der Waals surface area (Å²) >= 11 is 0. The van der Waals surface area contributed by atoms with E-state index in [9.17, 15) is 14.7 Å². The summed E-state index contributed by atoms with van der Waals surface area (Å²) in [5.74, 6) is 0.841. The lowest BCUT2D eigenvalue weighted by Crippen LogP contribution is -2.51. The van der Waals surface area contributed by atoms with E-state index >= 15 is 0 Å². The number of ether oxygens (including phenoxy) is 1. The maximum atomic E-state index is 13.1. The number of aliphatic hydroxyl groups is 1. The van der Waals surface area contributed by atoms with Gasteiger partial charge in [-0.2, -0.15) is 0 Å². The Morgan fingerprint density at radius 2 is 1.47 bits per heavy atom. The third-order valence-electron chi connectivity index (χ3n) is 7.92. The molecule has 0 unspecified atom stereocenters. The summed E-state index contributed by atoms with van der Waals surface area (Å²) in [5, 5.41) is 12.3. The largest absolute Gasteiger partial charge is 0.491 e. The van der Waals surface area contributed by atoms with E-state index < -0.39 is 6.10 Å². The van der Waals surface area contributed by atoms with E-state index in [0.717, 1.165) is 49.1 Å². The smallest absolute Gasteiger partial charge is 0.261 e. The molecule has 2 amide bonds. The van der Waals surface area contributed by atoms with Crippen LogP contribution in [0.3, 0.4) is 0 Å². The second-order valence-electron chi connectivity index (χ2n) is 10.4. The third kappa shape index (κ3) is 5.46. The van der Waals surface area contributed by atoms with E-state index in [0.29, 0.717) is 36.7 Å². The number of carbonyl (C=O) groups is 2. The second kappa shape index (κ2) is 11.6. The summed E-state index contributed by atoms with van der Waals surface area (Å²) in [7, 11) is 0. The van der Waals surface area contributed by atoms with E-state index in [1.807, 2.05) is 54.6 Å². The Labute approximate surface area is 224 Å². The summed E-state index contributed by atoms with van der Waals surface area (Å²) < 4.78 is 6.00. The minimum atomic E-state index is -0.571. The van der Waals surface area contributed by atoms with Crippen molar-refractivity contribution in [1.82, 2.24) is 14.7 Å². The monoisotopic (exact) mass is 515 g/mol. The highest BCUT2D eigenvalue weighted by atomic mass is 16.5. The molecule has 1 N–H and O–H groups in total. The number of benzene rings is 3. The molecule has 0 aliphatic carbocycles. The lowest BCUT2D eigenvalue weighted by atomic mass is 9.94. The van der Waals surface area contributed by atoms with Gasteiger partial charge in [-0.05, 0) is 41.5 Å². The molecule has 0 radical (unpaired) electrons. The number of hydrogen-bond acceptors (Lipinski definition) is 6. The van der Waals surface area contributed by atoms with Crippen LogP contribution in [0.1, 0.15) is 52.5 Å². The summed E-state index contributed by atoms with van der Waals surface area (Å²) in [6, 6.07) is 19.3. The van der Waals surface area contributed by atoms with E-state index in [-0.39, 0.29) is 18.4 Å². The van der Waals surface area contributed by atoms with Crippen LogP contribution in [-0.4, -0.2) is 90.1 Å². The molecule has 3 aromatic carbocycles. The molecule has 2 aliphatic rings. The van der Waals surface area contributed by atoms with Crippen LogP contribution < -0.4 is 4.74 Å². The summed E-state index contributed by atoms with van der Waals surface area (Å²) in [4.78, 5) is 32.2. The van der Waals surface area contributed by atoms with Crippen molar-refractivity contribution in [2.45, 2.75) is 32.3 Å². The van der Waals surface area contributed by atoms with Crippen LogP contribution in [0.2, 0.25) is 0 Å². The van der Waals surface area contributed by atoms with Gasteiger partial charge in [0, 0.05) is 62.3 Å². The topological polar surface area (TPSA) is 73.3 Å². The van der Waals surface area contributed by atoms with Crippen LogP contribution in [0.4, 0.5) is 0 Å².